The van der Waals surface area contributed by atoms with Crippen molar-refractivity contribution in [3.05, 3.63) is 90.3 Å². The Labute approximate surface area is 182 Å². The predicted octanol–water partition coefficient (Wildman–Crippen LogP) is 3.67. The summed E-state index contributed by atoms with van der Waals surface area (Å²) < 4.78 is 16.4. The number of aromatic nitrogens is 6. The lowest BCUT2D eigenvalue weighted by atomic mass is 10.1. The van der Waals surface area contributed by atoms with E-state index in [1.165, 1.54) is 18.5 Å². The third kappa shape index (κ3) is 3.95. The highest BCUT2D eigenvalue weighted by Gasteiger charge is 2.16. The van der Waals surface area contributed by atoms with Gasteiger partial charge in [-0.25, -0.2) is 19.0 Å². The molecule has 0 saturated carbocycles. The third-order valence-corrected chi connectivity index (χ3v) is 4.98. The minimum atomic E-state index is -0.340. The monoisotopic (exact) mass is 427 g/mol. The van der Waals surface area contributed by atoms with E-state index in [0.29, 0.717) is 23.3 Å². The van der Waals surface area contributed by atoms with Crippen LogP contribution in [0.2, 0.25) is 0 Å². The van der Waals surface area contributed by atoms with E-state index in [9.17, 15) is 9.18 Å². The van der Waals surface area contributed by atoms with Crippen molar-refractivity contribution in [2.45, 2.75) is 6.54 Å². The minimum absolute atomic E-state index is 0.181. The van der Waals surface area contributed by atoms with Gasteiger partial charge in [0.15, 0.2) is 0 Å². The lowest BCUT2D eigenvalue weighted by Gasteiger charge is -2.08. The number of hydrogen-bond acceptors (Lipinski definition) is 5. The van der Waals surface area contributed by atoms with Gasteiger partial charge in [-0.2, -0.15) is 5.10 Å². The van der Waals surface area contributed by atoms with Crippen LogP contribution < -0.4 is 5.32 Å². The Kier molecular flexibility index (Phi) is 4.91. The molecule has 0 unspecified atom stereocenters. The number of rotatable bonds is 5. The van der Waals surface area contributed by atoms with Crippen LogP contribution in [0.5, 0.6) is 0 Å². The molecule has 2 aromatic carbocycles. The molecule has 0 aliphatic rings. The number of hydrogen-bond donors (Lipinski definition) is 1. The first-order chi connectivity index (χ1) is 15.5. The first kappa shape index (κ1) is 19.6. The van der Waals surface area contributed by atoms with Crippen molar-refractivity contribution in [3.8, 4) is 11.3 Å². The van der Waals surface area contributed by atoms with E-state index in [-0.39, 0.29) is 17.7 Å². The standard InChI is InChI=1S/C23H18FN7O/c1-30-13-16(11-26-30)21-10-19(18-4-2-3-5-20(18)27-21)22(32)28-23-25-14-31(29-23)12-15-6-8-17(24)9-7-15/h2-11,13-14H,12H2,1H3,(H,28,29,32). The van der Waals surface area contributed by atoms with Crippen LogP contribution in [0.4, 0.5) is 10.3 Å². The topological polar surface area (TPSA) is 90.5 Å². The van der Waals surface area contributed by atoms with E-state index >= 15 is 0 Å². The van der Waals surface area contributed by atoms with Crippen molar-refractivity contribution in [3.63, 3.8) is 0 Å². The molecule has 1 amide bonds. The van der Waals surface area contributed by atoms with Gasteiger partial charge in [0.1, 0.15) is 12.1 Å². The zero-order valence-corrected chi connectivity index (χ0v) is 17.1. The van der Waals surface area contributed by atoms with Crippen molar-refractivity contribution < 1.29 is 9.18 Å². The van der Waals surface area contributed by atoms with Crippen LogP contribution in [-0.4, -0.2) is 35.4 Å². The fourth-order valence-electron chi connectivity index (χ4n) is 3.44. The Morgan fingerprint density at radius 3 is 2.72 bits per heavy atom. The number of anilines is 1. The number of aryl methyl sites for hydroxylation is 1. The molecule has 0 spiro atoms. The number of amides is 1. The van der Waals surface area contributed by atoms with Crippen LogP contribution in [0.25, 0.3) is 22.2 Å². The first-order valence-corrected chi connectivity index (χ1v) is 9.89. The zero-order chi connectivity index (χ0) is 22.1. The number of fused-ring (bicyclic) bond motifs is 1. The molecule has 0 fully saturated rings. The molecule has 1 N–H and O–H groups in total. The van der Waals surface area contributed by atoms with Gasteiger partial charge in [0.05, 0.1) is 29.5 Å². The molecule has 158 valence electrons. The zero-order valence-electron chi connectivity index (χ0n) is 17.1. The van der Waals surface area contributed by atoms with Crippen LogP contribution in [0, 0.1) is 5.82 Å². The Hall–Kier alpha value is -4.40. The van der Waals surface area contributed by atoms with Crippen molar-refractivity contribution >= 4 is 22.8 Å². The van der Waals surface area contributed by atoms with Crippen molar-refractivity contribution in [2.75, 3.05) is 5.32 Å². The number of nitrogens with zero attached hydrogens (tertiary/aromatic N) is 6. The van der Waals surface area contributed by atoms with Gasteiger partial charge in [-0.15, -0.1) is 5.10 Å². The second kappa shape index (κ2) is 8.03. The molecule has 9 heteroatoms. The summed E-state index contributed by atoms with van der Waals surface area (Å²) in [4.78, 5) is 22.0. The van der Waals surface area contributed by atoms with Crippen LogP contribution in [-0.2, 0) is 13.6 Å². The Balaban J connectivity index is 1.42. The van der Waals surface area contributed by atoms with E-state index in [2.05, 4.69) is 25.5 Å². The van der Waals surface area contributed by atoms with Crippen LogP contribution in [0.1, 0.15) is 15.9 Å². The average molecular weight is 427 g/mol. The summed E-state index contributed by atoms with van der Waals surface area (Å²) in [7, 11) is 1.83. The number of pyridine rings is 1. The third-order valence-electron chi connectivity index (χ3n) is 4.98. The Bertz CT molecular complexity index is 1420. The van der Waals surface area contributed by atoms with E-state index in [1.54, 1.807) is 33.8 Å². The molecule has 0 aliphatic carbocycles. The molecule has 5 rings (SSSR count). The molecule has 0 radical (unpaired) electrons. The smallest absolute Gasteiger partial charge is 0.258 e. The summed E-state index contributed by atoms with van der Waals surface area (Å²) in [5.41, 5.74) is 3.50. The van der Waals surface area contributed by atoms with Gasteiger partial charge in [0.2, 0.25) is 5.95 Å². The predicted molar refractivity (Wildman–Crippen MR) is 117 cm³/mol. The normalized spacial score (nSPS) is 11.1. The van der Waals surface area contributed by atoms with Crippen molar-refractivity contribution in [1.29, 1.82) is 0 Å². The molecule has 3 aromatic heterocycles. The maximum Gasteiger partial charge on any atom is 0.258 e. The van der Waals surface area contributed by atoms with Gasteiger partial charge >= 0.3 is 0 Å². The van der Waals surface area contributed by atoms with E-state index < -0.39 is 0 Å². The highest BCUT2D eigenvalue weighted by molar-refractivity contribution is 6.12. The number of halogens is 1. The molecular formula is C23H18FN7O. The quantitative estimate of drug-likeness (QED) is 0.462. The van der Waals surface area contributed by atoms with Gasteiger partial charge in [-0.3, -0.25) is 14.8 Å². The highest BCUT2D eigenvalue weighted by Crippen LogP contribution is 2.25. The number of carbonyl (C=O) groups is 1. The van der Waals surface area contributed by atoms with Crippen LogP contribution in [0.3, 0.4) is 0 Å². The van der Waals surface area contributed by atoms with Gasteiger partial charge in [0.25, 0.3) is 5.91 Å². The maximum absolute atomic E-state index is 13.1. The molecule has 8 nitrogen and oxygen atoms in total. The van der Waals surface area contributed by atoms with Crippen LogP contribution >= 0.6 is 0 Å². The second-order valence-corrected chi connectivity index (χ2v) is 7.32. The summed E-state index contributed by atoms with van der Waals surface area (Å²) in [6, 6.07) is 15.3. The lowest BCUT2D eigenvalue weighted by molar-refractivity contribution is 0.102. The molecule has 32 heavy (non-hydrogen) atoms. The number of nitrogens with one attached hydrogen (secondary N) is 1. The van der Waals surface area contributed by atoms with Gasteiger partial charge in [0, 0.05) is 24.2 Å². The average Bonchev–Trinajstić information content (AvgIpc) is 3.43. The number of para-hydroxylation sites is 1. The maximum atomic E-state index is 13.1. The number of carbonyl (C=O) groups excluding carboxylic acids is 1. The first-order valence-electron chi connectivity index (χ1n) is 9.89. The summed E-state index contributed by atoms with van der Waals surface area (Å²) in [5.74, 6) is -0.454. The van der Waals surface area contributed by atoms with Crippen molar-refractivity contribution in [1.82, 2.24) is 29.5 Å². The molecule has 0 saturated heterocycles. The highest BCUT2D eigenvalue weighted by atomic mass is 19.1. The van der Waals surface area contributed by atoms with E-state index in [4.69, 9.17) is 0 Å². The number of benzene rings is 2. The summed E-state index contributed by atoms with van der Waals surface area (Å²) >= 11 is 0. The minimum Gasteiger partial charge on any atom is -0.289 e. The summed E-state index contributed by atoms with van der Waals surface area (Å²) in [6.45, 7) is 0.409. The Morgan fingerprint density at radius 1 is 1.12 bits per heavy atom. The van der Waals surface area contributed by atoms with Gasteiger partial charge in [-0.05, 0) is 29.8 Å². The fourth-order valence-corrected chi connectivity index (χ4v) is 3.44. The second-order valence-electron chi connectivity index (χ2n) is 7.32. The van der Waals surface area contributed by atoms with E-state index in [1.807, 2.05) is 37.5 Å². The molecule has 0 bridgehead atoms. The fraction of sp³-hybridized carbons (Fsp3) is 0.0870. The SMILES string of the molecule is Cn1cc(-c2cc(C(=O)Nc3ncn(Cc4ccc(F)cc4)n3)c3ccccc3n2)cn1. The molecule has 3 heterocycles. The van der Waals surface area contributed by atoms with Gasteiger partial charge < -0.3 is 0 Å². The lowest BCUT2D eigenvalue weighted by Crippen LogP contribution is -2.14. The Morgan fingerprint density at radius 2 is 1.94 bits per heavy atom. The van der Waals surface area contributed by atoms with E-state index in [0.717, 1.165) is 16.5 Å². The largest absolute Gasteiger partial charge is 0.289 e. The summed E-state index contributed by atoms with van der Waals surface area (Å²) in [5, 5.41) is 12.0. The molecule has 5 aromatic rings. The molecule has 0 atom stereocenters. The van der Waals surface area contributed by atoms with Gasteiger partial charge in [-0.1, -0.05) is 30.3 Å². The summed E-state index contributed by atoms with van der Waals surface area (Å²) in [6.07, 6.45) is 5.07. The van der Waals surface area contributed by atoms with Crippen molar-refractivity contribution in [2.24, 2.45) is 7.05 Å². The molecular weight excluding hydrogens is 409 g/mol. The molecule has 0 aliphatic heterocycles. The van der Waals surface area contributed by atoms with Crippen LogP contribution in [0.15, 0.2) is 73.3 Å².